The van der Waals surface area contributed by atoms with Crippen LogP contribution in [-0.4, -0.2) is 68.1 Å². The molecule has 0 spiro atoms. The summed E-state index contributed by atoms with van der Waals surface area (Å²) in [7, 11) is 1.78. The van der Waals surface area contributed by atoms with E-state index in [0.29, 0.717) is 26.3 Å². The van der Waals surface area contributed by atoms with Gasteiger partial charge in [-0.3, -0.25) is 14.5 Å². The number of benzene rings is 1. The molecule has 0 aromatic heterocycles. The molecule has 23 heavy (non-hydrogen) atoms. The van der Waals surface area contributed by atoms with Crippen LogP contribution in [0.4, 0.5) is 5.69 Å². The number of amides is 2. The first-order chi connectivity index (χ1) is 11.0. The number of ether oxygens (including phenoxy) is 1. The zero-order valence-corrected chi connectivity index (χ0v) is 14.1. The van der Waals surface area contributed by atoms with Gasteiger partial charge in [0.1, 0.15) is 0 Å². The van der Waals surface area contributed by atoms with Gasteiger partial charge in [-0.2, -0.15) is 0 Å². The highest BCUT2D eigenvalue weighted by Gasteiger charge is 2.19. The van der Waals surface area contributed by atoms with E-state index in [1.54, 1.807) is 16.8 Å². The maximum absolute atomic E-state index is 12.1. The van der Waals surface area contributed by atoms with Gasteiger partial charge in [0, 0.05) is 18.8 Å². The molecule has 1 aromatic carbocycles. The van der Waals surface area contributed by atoms with Gasteiger partial charge in [-0.15, -0.1) is 0 Å². The summed E-state index contributed by atoms with van der Waals surface area (Å²) in [6.07, 6.45) is 0. The summed E-state index contributed by atoms with van der Waals surface area (Å²) < 4.78 is 5.23. The minimum atomic E-state index is -0.115. The van der Waals surface area contributed by atoms with Crippen LogP contribution in [0.3, 0.4) is 0 Å². The van der Waals surface area contributed by atoms with Crippen LogP contribution in [0.2, 0.25) is 0 Å². The van der Waals surface area contributed by atoms with Crippen LogP contribution >= 0.6 is 0 Å². The van der Waals surface area contributed by atoms with Crippen molar-refractivity contribution in [1.82, 2.24) is 9.80 Å². The van der Waals surface area contributed by atoms with Crippen molar-refractivity contribution in [2.24, 2.45) is 0 Å². The second-order valence-corrected chi connectivity index (χ2v) is 6.03. The lowest BCUT2D eigenvalue weighted by molar-refractivity contribution is -0.136. The number of nitrogens with zero attached hydrogens (tertiary/aromatic N) is 2. The van der Waals surface area contributed by atoms with Gasteiger partial charge in [-0.25, -0.2) is 0 Å². The molecule has 6 heteroatoms. The maximum atomic E-state index is 12.1. The third kappa shape index (κ3) is 5.33. The van der Waals surface area contributed by atoms with Crippen molar-refractivity contribution < 1.29 is 14.3 Å². The fourth-order valence-corrected chi connectivity index (χ4v) is 2.50. The van der Waals surface area contributed by atoms with Crippen molar-refractivity contribution in [1.29, 1.82) is 0 Å². The Morgan fingerprint density at radius 2 is 1.91 bits per heavy atom. The van der Waals surface area contributed by atoms with Crippen LogP contribution < -0.4 is 5.32 Å². The van der Waals surface area contributed by atoms with Gasteiger partial charge in [0.25, 0.3) is 0 Å². The predicted octanol–water partition coefficient (Wildman–Crippen LogP) is 1.03. The number of aryl methyl sites for hydroxylation is 2. The first kappa shape index (κ1) is 17.4. The molecule has 1 fully saturated rings. The Morgan fingerprint density at radius 1 is 1.22 bits per heavy atom. The summed E-state index contributed by atoms with van der Waals surface area (Å²) in [5.74, 6) is -0.0775. The van der Waals surface area contributed by atoms with Gasteiger partial charge < -0.3 is 15.0 Å². The molecule has 1 heterocycles. The molecule has 1 aliphatic rings. The maximum Gasteiger partial charge on any atom is 0.238 e. The minimum Gasteiger partial charge on any atom is -0.378 e. The average Bonchev–Trinajstić information content (AvgIpc) is 2.51. The van der Waals surface area contributed by atoms with Crippen molar-refractivity contribution in [2.45, 2.75) is 13.8 Å². The van der Waals surface area contributed by atoms with E-state index in [1.807, 2.05) is 32.0 Å². The molecule has 1 aromatic rings. The third-order valence-electron chi connectivity index (χ3n) is 3.85. The Labute approximate surface area is 137 Å². The first-order valence-electron chi connectivity index (χ1n) is 7.87. The third-order valence-corrected chi connectivity index (χ3v) is 3.85. The SMILES string of the molecule is Cc1ccc(C)c(NC(=O)CN(C)CC(=O)N2CCOCC2)c1. The lowest BCUT2D eigenvalue weighted by Crippen LogP contribution is -2.46. The molecule has 2 rings (SSSR count). The summed E-state index contributed by atoms with van der Waals surface area (Å²) >= 11 is 0. The molecule has 126 valence electrons. The van der Waals surface area contributed by atoms with Gasteiger partial charge in [-0.1, -0.05) is 12.1 Å². The van der Waals surface area contributed by atoms with Crippen molar-refractivity contribution >= 4 is 17.5 Å². The highest BCUT2D eigenvalue weighted by atomic mass is 16.5. The Bertz CT molecular complexity index is 568. The van der Waals surface area contributed by atoms with E-state index in [4.69, 9.17) is 4.74 Å². The van der Waals surface area contributed by atoms with E-state index in [-0.39, 0.29) is 24.9 Å². The predicted molar refractivity (Wildman–Crippen MR) is 89.4 cm³/mol. The van der Waals surface area contributed by atoms with E-state index in [9.17, 15) is 9.59 Å². The minimum absolute atomic E-state index is 0.0373. The highest BCUT2D eigenvalue weighted by molar-refractivity contribution is 5.93. The molecule has 0 atom stereocenters. The molecule has 1 saturated heterocycles. The second kappa shape index (κ2) is 8.08. The van der Waals surface area contributed by atoms with Gasteiger partial charge in [0.2, 0.25) is 11.8 Å². The standard InChI is InChI=1S/C17H25N3O3/c1-13-4-5-14(2)15(10-13)18-16(21)11-19(3)12-17(22)20-6-8-23-9-7-20/h4-5,10H,6-9,11-12H2,1-3H3,(H,18,21). The molecular weight excluding hydrogens is 294 g/mol. The number of rotatable bonds is 5. The molecule has 0 unspecified atom stereocenters. The quantitative estimate of drug-likeness (QED) is 0.881. The van der Waals surface area contributed by atoms with E-state index in [1.165, 1.54) is 0 Å². The van der Waals surface area contributed by atoms with Crippen LogP contribution in [0.15, 0.2) is 18.2 Å². The Morgan fingerprint density at radius 3 is 2.61 bits per heavy atom. The van der Waals surface area contributed by atoms with Crippen molar-refractivity contribution in [3.63, 3.8) is 0 Å². The smallest absolute Gasteiger partial charge is 0.238 e. The van der Waals surface area contributed by atoms with Crippen LogP contribution in [0.5, 0.6) is 0 Å². The number of hydrogen-bond acceptors (Lipinski definition) is 4. The molecule has 0 bridgehead atoms. The van der Waals surface area contributed by atoms with Crippen LogP contribution in [0.25, 0.3) is 0 Å². The lowest BCUT2D eigenvalue weighted by atomic mass is 10.1. The van der Waals surface area contributed by atoms with E-state index in [2.05, 4.69) is 5.32 Å². The number of anilines is 1. The second-order valence-electron chi connectivity index (χ2n) is 6.03. The number of hydrogen-bond donors (Lipinski definition) is 1. The molecular formula is C17H25N3O3. The zero-order valence-electron chi connectivity index (χ0n) is 14.1. The topological polar surface area (TPSA) is 61.9 Å². The first-order valence-corrected chi connectivity index (χ1v) is 7.87. The van der Waals surface area contributed by atoms with E-state index >= 15 is 0 Å². The molecule has 0 saturated carbocycles. The van der Waals surface area contributed by atoms with Gasteiger partial charge >= 0.3 is 0 Å². The number of carbonyl (C=O) groups is 2. The number of morpholine rings is 1. The highest BCUT2D eigenvalue weighted by Crippen LogP contribution is 2.16. The van der Waals surface area contributed by atoms with Gasteiger partial charge in [-0.05, 0) is 38.1 Å². The van der Waals surface area contributed by atoms with Crippen molar-refractivity contribution in [3.8, 4) is 0 Å². The molecule has 1 N–H and O–H groups in total. The van der Waals surface area contributed by atoms with Gasteiger partial charge in [0.05, 0.1) is 26.3 Å². The Hall–Kier alpha value is -1.92. The summed E-state index contributed by atoms with van der Waals surface area (Å²) in [5.41, 5.74) is 2.95. The number of nitrogens with one attached hydrogen (secondary N) is 1. The van der Waals surface area contributed by atoms with Crippen molar-refractivity contribution in [3.05, 3.63) is 29.3 Å². The number of carbonyl (C=O) groups excluding carboxylic acids is 2. The summed E-state index contributed by atoms with van der Waals surface area (Å²) in [6.45, 7) is 6.79. The van der Waals surface area contributed by atoms with Gasteiger partial charge in [0.15, 0.2) is 0 Å². The van der Waals surface area contributed by atoms with Crippen LogP contribution in [0, 0.1) is 13.8 Å². The largest absolute Gasteiger partial charge is 0.378 e. The van der Waals surface area contributed by atoms with E-state index < -0.39 is 0 Å². The fraction of sp³-hybridized carbons (Fsp3) is 0.529. The molecule has 1 aliphatic heterocycles. The van der Waals surface area contributed by atoms with Crippen LogP contribution in [0.1, 0.15) is 11.1 Å². The zero-order chi connectivity index (χ0) is 16.8. The number of likely N-dealkylation sites (N-methyl/N-ethyl adjacent to an activating group) is 1. The Kier molecular flexibility index (Phi) is 6.12. The Balaban J connectivity index is 1.82. The van der Waals surface area contributed by atoms with Crippen molar-refractivity contribution in [2.75, 3.05) is 51.8 Å². The summed E-state index contributed by atoms with van der Waals surface area (Å²) in [4.78, 5) is 27.8. The molecule has 0 radical (unpaired) electrons. The molecule has 0 aliphatic carbocycles. The monoisotopic (exact) mass is 319 g/mol. The fourth-order valence-electron chi connectivity index (χ4n) is 2.50. The normalized spacial score (nSPS) is 14.9. The molecule has 6 nitrogen and oxygen atoms in total. The molecule has 2 amide bonds. The van der Waals surface area contributed by atoms with Crippen LogP contribution in [-0.2, 0) is 14.3 Å². The lowest BCUT2D eigenvalue weighted by Gasteiger charge is -2.28. The van der Waals surface area contributed by atoms with E-state index in [0.717, 1.165) is 16.8 Å². The summed E-state index contributed by atoms with van der Waals surface area (Å²) in [5, 5.41) is 2.91. The summed E-state index contributed by atoms with van der Waals surface area (Å²) in [6, 6.07) is 5.95. The average molecular weight is 319 g/mol.